The molecule has 1 saturated heterocycles. The van der Waals surface area contributed by atoms with E-state index >= 15 is 0 Å². The van der Waals surface area contributed by atoms with Gasteiger partial charge in [0.05, 0.1) is 6.20 Å². The molecule has 0 bridgehead atoms. The Morgan fingerprint density at radius 3 is 2.75 bits per heavy atom. The van der Waals surface area contributed by atoms with Gasteiger partial charge in [0.1, 0.15) is 5.82 Å². The van der Waals surface area contributed by atoms with Crippen molar-refractivity contribution in [3.05, 3.63) is 18.6 Å². The van der Waals surface area contributed by atoms with Gasteiger partial charge in [-0.3, -0.25) is 0 Å². The monoisotopic (exact) mass is 273 g/mol. The van der Waals surface area contributed by atoms with Crippen LogP contribution in [0.2, 0.25) is 0 Å². The molecule has 5 nitrogen and oxygen atoms in total. The summed E-state index contributed by atoms with van der Waals surface area (Å²) in [6.45, 7) is 9.76. The van der Waals surface area contributed by atoms with Crippen molar-refractivity contribution in [1.29, 1.82) is 0 Å². The van der Waals surface area contributed by atoms with Crippen LogP contribution in [0.5, 0.6) is 0 Å². The van der Waals surface area contributed by atoms with Crippen LogP contribution >= 0.6 is 0 Å². The summed E-state index contributed by atoms with van der Waals surface area (Å²) in [5.41, 5.74) is 1.40. The fraction of sp³-hybridized carbons (Fsp3) is 0.600. The van der Waals surface area contributed by atoms with Crippen LogP contribution in [0.1, 0.15) is 33.6 Å². The van der Waals surface area contributed by atoms with E-state index in [1.807, 2.05) is 18.6 Å². The lowest BCUT2D eigenvalue weighted by Gasteiger charge is -2.37. The maximum absolute atomic E-state index is 4.77. The zero-order valence-electron chi connectivity index (χ0n) is 12.6. The topological polar surface area (TPSA) is 45.5 Å². The molecule has 0 amide bonds. The van der Waals surface area contributed by atoms with Crippen molar-refractivity contribution >= 4 is 17.3 Å². The van der Waals surface area contributed by atoms with Gasteiger partial charge in [-0.1, -0.05) is 13.8 Å². The van der Waals surface area contributed by atoms with Crippen LogP contribution in [-0.4, -0.2) is 34.0 Å². The number of anilines is 2. The maximum Gasteiger partial charge on any atom is 0.180 e. The molecule has 108 valence electrons. The zero-order chi connectivity index (χ0) is 14.2. The highest BCUT2D eigenvalue weighted by molar-refractivity contribution is 5.67. The number of aromatic nitrogens is 3. The van der Waals surface area contributed by atoms with E-state index in [4.69, 9.17) is 4.98 Å². The van der Waals surface area contributed by atoms with Crippen LogP contribution in [0.4, 0.5) is 11.6 Å². The molecule has 1 N–H and O–H groups in total. The van der Waals surface area contributed by atoms with Crippen molar-refractivity contribution < 1.29 is 0 Å². The van der Waals surface area contributed by atoms with Crippen LogP contribution in [0, 0.1) is 5.41 Å². The van der Waals surface area contributed by atoms with E-state index in [9.17, 15) is 0 Å². The van der Waals surface area contributed by atoms with Gasteiger partial charge >= 0.3 is 0 Å². The Balaban J connectivity index is 1.95. The number of piperidine rings is 1. The van der Waals surface area contributed by atoms with Gasteiger partial charge < -0.3 is 14.6 Å². The van der Waals surface area contributed by atoms with E-state index in [1.165, 1.54) is 12.8 Å². The molecule has 0 aliphatic carbocycles. The second kappa shape index (κ2) is 4.96. The first-order chi connectivity index (χ1) is 9.59. The SMILES string of the molecule is CCNc1cn2ccnc2c(N2CCC(C)(C)CC2)n1. The summed E-state index contributed by atoms with van der Waals surface area (Å²) in [6, 6.07) is 0. The highest BCUT2D eigenvalue weighted by Crippen LogP contribution is 2.33. The Morgan fingerprint density at radius 1 is 1.30 bits per heavy atom. The molecule has 0 spiro atoms. The van der Waals surface area contributed by atoms with Gasteiger partial charge in [0.2, 0.25) is 0 Å². The summed E-state index contributed by atoms with van der Waals surface area (Å²) < 4.78 is 2.06. The molecule has 0 radical (unpaired) electrons. The van der Waals surface area contributed by atoms with Crippen LogP contribution in [-0.2, 0) is 0 Å². The van der Waals surface area contributed by atoms with Crippen molar-refractivity contribution in [2.24, 2.45) is 5.41 Å². The third-order valence-electron chi connectivity index (χ3n) is 4.13. The molecule has 0 unspecified atom stereocenters. The quantitative estimate of drug-likeness (QED) is 0.934. The third kappa shape index (κ3) is 2.44. The second-order valence-corrected chi connectivity index (χ2v) is 6.29. The summed E-state index contributed by atoms with van der Waals surface area (Å²) in [7, 11) is 0. The molecule has 1 aliphatic rings. The average molecular weight is 273 g/mol. The average Bonchev–Trinajstić information content (AvgIpc) is 2.86. The van der Waals surface area contributed by atoms with Gasteiger partial charge in [-0.2, -0.15) is 0 Å². The van der Waals surface area contributed by atoms with E-state index in [0.717, 1.165) is 36.9 Å². The van der Waals surface area contributed by atoms with Gasteiger partial charge in [-0.25, -0.2) is 9.97 Å². The molecule has 1 aliphatic heterocycles. The van der Waals surface area contributed by atoms with E-state index in [1.54, 1.807) is 0 Å². The van der Waals surface area contributed by atoms with Gasteiger partial charge in [0.15, 0.2) is 11.5 Å². The van der Waals surface area contributed by atoms with Crippen molar-refractivity contribution in [1.82, 2.24) is 14.4 Å². The van der Waals surface area contributed by atoms with E-state index in [0.29, 0.717) is 5.41 Å². The standard InChI is InChI=1S/C15H23N5/c1-4-16-12-11-20-10-7-17-13(20)14(18-12)19-8-5-15(2,3)6-9-19/h7,10-11,16H,4-6,8-9H2,1-3H3. The predicted octanol–water partition coefficient (Wildman–Crippen LogP) is 2.79. The summed E-state index contributed by atoms with van der Waals surface area (Å²) in [5, 5.41) is 3.30. The number of hydrogen-bond acceptors (Lipinski definition) is 4. The summed E-state index contributed by atoms with van der Waals surface area (Å²) in [5.74, 6) is 1.92. The lowest BCUT2D eigenvalue weighted by Crippen LogP contribution is -2.38. The van der Waals surface area contributed by atoms with Crippen LogP contribution in [0.3, 0.4) is 0 Å². The molecule has 2 aromatic heterocycles. The number of nitrogens with one attached hydrogen (secondary N) is 1. The van der Waals surface area contributed by atoms with Crippen LogP contribution in [0.25, 0.3) is 5.65 Å². The van der Waals surface area contributed by atoms with Gasteiger partial charge in [-0.15, -0.1) is 0 Å². The summed E-state index contributed by atoms with van der Waals surface area (Å²) in [6.07, 6.45) is 8.22. The third-order valence-corrected chi connectivity index (χ3v) is 4.13. The molecule has 0 aromatic carbocycles. The van der Waals surface area contributed by atoms with E-state index < -0.39 is 0 Å². The first-order valence-corrected chi connectivity index (χ1v) is 7.41. The van der Waals surface area contributed by atoms with Gasteiger partial charge in [-0.05, 0) is 25.2 Å². The van der Waals surface area contributed by atoms with Crippen molar-refractivity contribution in [2.75, 3.05) is 29.9 Å². The molecule has 5 heteroatoms. The Morgan fingerprint density at radius 2 is 2.05 bits per heavy atom. The van der Waals surface area contributed by atoms with Crippen molar-refractivity contribution in [3.63, 3.8) is 0 Å². The smallest absolute Gasteiger partial charge is 0.180 e. The fourth-order valence-electron chi connectivity index (χ4n) is 2.72. The molecular weight excluding hydrogens is 250 g/mol. The molecule has 3 heterocycles. The van der Waals surface area contributed by atoms with Crippen LogP contribution in [0.15, 0.2) is 18.6 Å². The number of fused-ring (bicyclic) bond motifs is 1. The Labute approximate surface area is 120 Å². The summed E-state index contributed by atoms with van der Waals surface area (Å²) >= 11 is 0. The molecule has 20 heavy (non-hydrogen) atoms. The minimum Gasteiger partial charge on any atom is -0.369 e. The molecule has 0 saturated carbocycles. The van der Waals surface area contributed by atoms with E-state index in [-0.39, 0.29) is 0 Å². The van der Waals surface area contributed by atoms with E-state index in [2.05, 4.69) is 40.4 Å². The molecular formula is C15H23N5. The summed E-state index contributed by atoms with van der Waals surface area (Å²) in [4.78, 5) is 11.6. The number of imidazole rings is 1. The second-order valence-electron chi connectivity index (χ2n) is 6.29. The molecule has 3 rings (SSSR count). The minimum absolute atomic E-state index is 0.446. The van der Waals surface area contributed by atoms with Crippen LogP contribution < -0.4 is 10.2 Å². The lowest BCUT2D eigenvalue weighted by atomic mass is 9.83. The highest BCUT2D eigenvalue weighted by atomic mass is 15.2. The fourth-order valence-corrected chi connectivity index (χ4v) is 2.72. The minimum atomic E-state index is 0.446. The Bertz CT molecular complexity index is 591. The predicted molar refractivity (Wildman–Crippen MR) is 82.4 cm³/mol. The van der Waals surface area contributed by atoms with Crippen molar-refractivity contribution in [2.45, 2.75) is 33.6 Å². The van der Waals surface area contributed by atoms with Gasteiger partial charge in [0.25, 0.3) is 0 Å². The lowest BCUT2D eigenvalue weighted by molar-refractivity contribution is 0.279. The zero-order valence-corrected chi connectivity index (χ0v) is 12.6. The maximum atomic E-state index is 4.77. The number of nitrogens with zero attached hydrogens (tertiary/aromatic N) is 4. The Hall–Kier alpha value is -1.78. The number of rotatable bonds is 3. The normalized spacial score (nSPS) is 18.4. The Kier molecular flexibility index (Phi) is 3.28. The number of hydrogen-bond donors (Lipinski definition) is 1. The largest absolute Gasteiger partial charge is 0.369 e. The van der Waals surface area contributed by atoms with Gasteiger partial charge in [0, 0.05) is 32.0 Å². The van der Waals surface area contributed by atoms with Crippen molar-refractivity contribution in [3.8, 4) is 0 Å². The highest BCUT2D eigenvalue weighted by Gasteiger charge is 2.27. The first-order valence-electron chi connectivity index (χ1n) is 7.41. The first kappa shape index (κ1) is 13.2. The molecule has 1 fully saturated rings. The molecule has 0 atom stereocenters. The molecule has 2 aromatic rings.